The molecule has 0 spiro atoms. The summed E-state index contributed by atoms with van der Waals surface area (Å²) in [5.41, 5.74) is 2.02. The maximum Gasteiger partial charge on any atom is 0.387 e. The van der Waals surface area contributed by atoms with Crippen molar-refractivity contribution in [3.63, 3.8) is 0 Å². The lowest BCUT2D eigenvalue weighted by molar-refractivity contribution is -0.0498. The van der Waals surface area contributed by atoms with Crippen molar-refractivity contribution in [1.29, 1.82) is 0 Å². The van der Waals surface area contributed by atoms with Gasteiger partial charge >= 0.3 is 6.61 Å². The average molecular weight is 492 g/mol. The topological polar surface area (TPSA) is 106 Å². The number of carbonyl (C=O) groups is 1. The highest BCUT2D eigenvalue weighted by Gasteiger charge is 2.15. The Labute approximate surface area is 196 Å². The van der Waals surface area contributed by atoms with Gasteiger partial charge < -0.3 is 20.1 Å². The third kappa shape index (κ3) is 6.58. The highest BCUT2D eigenvalue weighted by molar-refractivity contribution is 7.92. The van der Waals surface area contributed by atoms with E-state index in [9.17, 15) is 22.0 Å². The third-order valence-corrected chi connectivity index (χ3v) is 5.93. The molecule has 8 nitrogen and oxygen atoms in total. The molecule has 0 aliphatic heterocycles. The molecule has 0 fully saturated rings. The fourth-order valence-electron chi connectivity index (χ4n) is 2.96. The van der Waals surface area contributed by atoms with Gasteiger partial charge in [0.2, 0.25) is 10.0 Å². The Morgan fingerprint density at radius 1 is 0.971 bits per heavy atom. The number of alkyl halides is 2. The zero-order chi connectivity index (χ0) is 24.7. The molecule has 0 aromatic heterocycles. The monoisotopic (exact) mass is 491 g/mol. The maximum absolute atomic E-state index is 13.0. The number of para-hydroxylation sites is 1. The van der Waals surface area contributed by atoms with Crippen LogP contribution in [0.3, 0.4) is 0 Å². The second-order valence-corrected chi connectivity index (χ2v) is 8.96. The molecular weight excluding hydrogens is 468 g/mol. The van der Waals surface area contributed by atoms with Gasteiger partial charge in [0.05, 0.1) is 29.8 Å². The van der Waals surface area contributed by atoms with E-state index in [0.717, 1.165) is 0 Å². The Balaban J connectivity index is 1.77. The number of benzene rings is 3. The summed E-state index contributed by atoms with van der Waals surface area (Å²) in [4.78, 5) is 13.0. The van der Waals surface area contributed by atoms with Crippen molar-refractivity contribution >= 4 is 38.7 Å². The molecule has 0 bridgehead atoms. The Kier molecular flexibility index (Phi) is 7.90. The number of amides is 1. The van der Waals surface area contributed by atoms with Crippen LogP contribution >= 0.6 is 0 Å². The number of hydrogen-bond acceptors (Lipinski definition) is 6. The number of methoxy groups -OCH3 is 1. The highest BCUT2D eigenvalue weighted by atomic mass is 32.2. The van der Waals surface area contributed by atoms with E-state index in [1.165, 1.54) is 38.3 Å². The molecule has 0 aliphatic rings. The van der Waals surface area contributed by atoms with E-state index in [2.05, 4.69) is 20.1 Å². The number of rotatable bonds is 10. The number of sulfonamides is 1. The van der Waals surface area contributed by atoms with E-state index in [-0.39, 0.29) is 22.9 Å². The Hall–Kier alpha value is -3.86. The van der Waals surface area contributed by atoms with Crippen molar-refractivity contribution in [2.75, 3.05) is 28.2 Å². The quantitative estimate of drug-likeness (QED) is 0.366. The number of ether oxygens (including phenoxy) is 2. The number of anilines is 4. The first-order valence-corrected chi connectivity index (χ1v) is 11.8. The van der Waals surface area contributed by atoms with Crippen LogP contribution in [-0.2, 0) is 10.0 Å². The summed E-state index contributed by atoms with van der Waals surface area (Å²) in [5, 5.41) is 5.83. The number of hydrogen-bond donors (Lipinski definition) is 3. The molecule has 3 N–H and O–H groups in total. The lowest BCUT2D eigenvalue weighted by atomic mass is 10.1. The number of halogens is 2. The molecule has 3 rings (SSSR count). The van der Waals surface area contributed by atoms with Gasteiger partial charge in [-0.15, -0.1) is 0 Å². The second-order valence-electron chi connectivity index (χ2n) is 6.95. The molecule has 0 radical (unpaired) electrons. The first-order valence-electron chi connectivity index (χ1n) is 10.1. The van der Waals surface area contributed by atoms with Crippen molar-refractivity contribution in [3.8, 4) is 11.5 Å². The van der Waals surface area contributed by atoms with Gasteiger partial charge in [0.1, 0.15) is 11.5 Å². The van der Waals surface area contributed by atoms with E-state index in [1.807, 2.05) is 0 Å². The van der Waals surface area contributed by atoms with Gasteiger partial charge in [0, 0.05) is 17.4 Å². The predicted molar refractivity (Wildman–Crippen MR) is 127 cm³/mol. The summed E-state index contributed by atoms with van der Waals surface area (Å²) in [6.07, 6.45) is 0. The van der Waals surface area contributed by atoms with E-state index in [1.54, 1.807) is 42.5 Å². The van der Waals surface area contributed by atoms with Crippen molar-refractivity contribution < 1.29 is 31.5 Å². The van der Waals surface area contributed by atoms with Crippen LogP contribution in [0.15, 0.2) is 66.7 Å². The van der Waals surface area contributed by atoms with Crippen LogP contribution < -0.4 is 24.8 Å². The van der Waals surface area contributed by atoms with Gasteiger partial charge in [0.25, 0.3) is 5.91 Å². The van der Waals surface area contributed by atoms with Gasteiger partial charge in [-0.2, -0.15) is 8.78 Å². The molecule has 0 saturated carbocycles. The summed E-state index contributed by atoms with van der Waals surface area (Å²) < 4.78 is 60.4. The zero-order valence-corrected chi connectivity index (χ0v) is 19.2. The first kappa shape index (κ1) is 24.8. The standard InChI is InChI=1S/C23H23F2N3O5S/c1-3-34(30,31)28-20-13-10-16(14-21(20)32-2)27-22(29)18-6-4-5-7-19(18)26-15-8-11-17(12-9-15)33-23(24)25/h4-14,23,26,28H,3H2,1-2H3,(H,27,29). The molecule has 1 amide bonds. The molecule has 34 heavy (non-hydrogen) atoms. The fourth-order valence-corrected chi connectivity index (χ4v) is 3.60. The van der Waals surface area contributed by atoms with Crippen molar-refractivity contribution in [2.24, 2.45) is 0 Å². The predicted octanol–water partition coefficient (Wildman–Crippen LogP) is 5.05. The second kappa shape index (κ2) is 10.8. The largest absolute Gasteiger partial charge is 0.494 e. The molecule has 0 aliphatic carbocycles. The van der Waals surface area contributed by atoms with Crippen molar-refractivity contribution in [3.05, 3.63) is 72.3 Å². The number of nitrogens with one attached hydrogen (secondary N) is 3. The van der Waals surface area contributed by atoms with E-state index < -0.39 is 22.5 Å². The Morgan fingerprint density at radius 2 is 1.65 bits per heavy atom. The van der Waals surface area contributed by atoms with E-state index in [0.29, 0.717) is 22.6 Å². The summed E-state index contributed by atoms with van der Waals surface area (Å²) in [7, 11) is -2.11. The maximum atomic E-state index is 13.0. The third-order valence-electron chi connectivity index (χ3n) is 4.64. The van der Waals surface area contributed by atoms with Crippen LogP contribution in [0.4, 0.5) is 31.5 Å². The van der Waals surface area contributed by atoms with Gasteiger partial charge in [-0.05, 0) is 55.5 Å². The summed E-state index contributed by atoms with van der Waals surface area (Å²) >= 11 is 0. The van der Waals surface area contributed by atoms with Crippen LogP contribution in [0.1, 0.15) is 17.3 Å². The Bertz CT molecular complexity index is 1250. The molecule has 3 aromatic rings. The Morgan fingerprint density at radius 3 is 2.29 bits per heavy atom. The molecule has 0 saturated heterocycles. The minimum atomic E-state index is -3.50. The molecular formula is C23H23F2N3O5S. The molecule has 180 valence electrons. The van der Waals surface area contributed by atoms with Crippen LogP contribution in [0.2, 0.25) is 0 Å². The highest BCUT2D eigenvalue weighted by Crippen LogP contribution is 2.30. The molecule has 11 heteroatoms. The molecule has 0 unspecified atom stereocenters. The molecule has 0 heterocycles. The van der Waals surface area contributed by atoms with Gasteiger partial charge in [-0.3, -0.25) is 9.52 Å². The van der Waals surface area contributed by atoms with E-state index >= 15 is 0 Å². The fraction of sp³-hybridized carbons (Fsp3) is 0.174. The van der Waals surface area contributed by atoms with Crippen LogP contribution in [0.25, 0.3) is 0 Å². The lowest BCUT2D eigenvalue weighted by Gasteiger charge is -2.15. The minimum Gasteiger partial charge on any atom is -0.494 e. The van der Waals surface area contributed by atoms with Gasteiger partial charge in [-0.25, -0.2) is 8.42 Å². The van der Waals surface area contributed by atoms with Crippen LogP contribution in [0, 0.1) is 0 Å². The molecule has 0 atom stereocenters. The van der Waals surface area contributed by atoms with Crippen LogP contribution in [-0.4, -0.2) is 33.8 Å². The molecule has 3 aromatic carbocycles. The first-order chi connectivity index (χ1) is 16.2. The van der Waals surface area contributed by atoms with Crippen molar-refractivity contribution in [2.45, 2.75) is 13.5 Å². The smallest absolute Gasteiger partial charge is 0.387 e. The SMILES string of the molecule is CCS(=O)(=O)Nc1ccc(NC(=O)c2ccccc2Nc2ccc(OC(F)F)cc2)cc1OC. The van der Waals surface area contributed by atoms with E-state index in [4.69, 9.17) is 4.74 Å². The van der Waals surface area contributed by atoms with Gasteiger partial charge in [-0.1, -0.05) is 12.1 Å². The average Bonchev–Trinajstić information content (AvgIpc) is 2.81. The van der Waals surface area contributed by atoms with Gasteiger partial charge in [0.15, 0.2) is 0 Å². The summed E-state index contributed by atoms with van der Waals surface area (Å²) in [6.45, 7) is -1.40. The zero-order valence-electron chi connectivity index (χ0n) is 18.3. The lowest BCUT2D eigenvalue weighted by Crippen LogP contribution is -2.16. The van der Waals surface area contributed by atoms with Crippen molar-refractivity contribution in [1.82, 2.24) is 0 Å². The normalized spacial score (nSPS) is 11.1. The van der Waals surface area contributed by atoms with Crippen LogP contribution in [0.5, 0.6) is 11.5 Å². The number of carbonyl (C=O) groups excluding carboxylic acids is 1. The summed E-state index contributed by atoms with van der Waals surface area (Å²) in [6, 6.07) is 17.2. The summed E-state index contributed by atoms with van der Waals surface area (Å²) in [5.74, 6) is -0.261. The minimum absolute atomic E-state index is 0.0187.